The standard InChI is InChI=1S/C16H25N3/c1-4-6-10-13(9-5-2)17-16-18-14-11-7-8-12-15(14)19(16)3/h7-8,11-13H,4-6,9-10H2,1-3H3,(H,17,18). The van der Waals surface area contributed by atoms with Gasteiger partial charge in [0.2, 0.25) is 5.95 Å². The summed E-state index contributed by atoms with van der Waals surface area (Å²) in [5.74, 6) is 0.996. The zero-order valence-electron chi connectivity index (χ0n) is 12.3. The summed E-state index contributed by atoms with van der Waals surface area (Å²) in [7, 11) is 2.08. The number of anilines is 1. The van der Waals surface area contributed by atoms with Crippen LogP contribution in [0.4, 0.5) is 5.95 Å². The van der Waals surface area contributed by atoms with Crippen molar-refractivity contribution in [2.75, 3.05) is 5.32 Å². The van der Waals surface area contributed by atoms with Gasteiger partial charge in [0.1, 0.15) is 0 Å². The first-order valence-corrected chi connectivity index (χ1v) is 7.44. The van der Waals surface area contributed by atoms with Gasteiger partial charge in [-0.15, -0.1) is 0 Å². The third-order valence-electron chi connectivity index (χ3n) is 3.66. The number of unbranched alkanes of at least 4 members (excludes halogenated alkanes) is 1. The van der Waals surface area contributed by atoms with Crippen LogP contribution in [-0.4, -0.2) is 15.6 Å². The largest absolute Gasteiger partial charge is 0.353 e. The summed E-state index contributed by atoms with van der Waals surface area (Å²) in [4.78, 5) is 4.69. The molecule has 1 atom stereocenters. The Kier molecular flexibility index (Phi) is 4.83. The lowest BCUT2D eigenvalue weighted by molar-refractivity contribution is 0.559. The number of rotatable bonds is 7. The van der Waals surface area contributed by atoms with Crippen LogP contribution in [0.15, 0.2) is 24.3 Å². The molecule has 0 aliphatic heterocycles. The van der Waals surface area contributed by atoms with Gasteiger partial charge in [-0.3, -0.25) is 0 Å². The van der Waals surface area contributed by atoms with Crippen LogP contribution in [0.5, 0.6) is 0 Å². The molecule has 1 aromatic heterocycles. The molecule has 0 radical (unpaired) electrons. The number of nitrogens with zero attached hydrogens (tertiary/aromatic N) is 2. The van der Waals surface area contributed by atoms with Gasteiger partial charge >= 0.3 is 0 Å². The first-order valence-electron chi connectivity index (χ1n) is 7.44. The lowest BCUT2D eigenvalue weighted by Gasteiger charge is -2.18. The zero-order chi connectivity index (χ0) is 13.7. The molecule has 0 saturated heterocycles. The van der Waals surface area contributed by atoms with Crippen LogP contribution in [0.1, 0.15) is 46.0 Å². The monoisotopic (exact) mass is 259 g/mol. The van der Waals surface area contributed by atoms with Gasteiger partial charge in [-0.1, -0.05) is 45.2 Å². The first kappa shape index (κ1) is 13.9. The highest BCUT2D eigenvalue weighted by Gasteiger charge is 2.12. The quantitative estimate of drug-likeness (QED) is 0.801. The van der Waals surface area contributed by atoms with Crippen LogP contribution in [0.2, 0.25) is 0 Å². The molecule has 0 aliphatic rings. The number of imidazole rings is 1. The Morgan fingerprint density at radius 1 is 1.16 bits per heavy atom. The molecule has 0 bridgehead atoms. The van der Waals surface area contributed by atoms with E-state index in [9.17, 15) is 0 Å². The summed E-state index contributed by atoms with van der Waals surface area (Å²) < 4.78 is 2.16. The summed E-state index contributed by atoms with van der Waals surface area (Å²) in [6, 6.07) is 8.84. The van der Waals surface area contributed by atoms with Crippen molar-refractivity contribution < 1.29 is 0 Å². The highest BCUT2D eigenvalue weighted by molar-refractivity contribution is 5.78. The molecule has 2 rings (SSSR count). The molecule has 1 heterocycles. The van der Waals surface area contributed by atoms with Crippen LogP contribution in [-0.2, 0) is 7.05 Å². The van der Waals surface area contributed by atoms with Crippen molar-refractivity contribution in [3.63, 3.8) is 0 Å². The van der Waals surface area contributed by atoms with Crippen molar-refractivity contribution in [3.8, 4) is 0 Å². The fourth-order valence-electron chi connectivity index (χ4n) is 2.54. The molecule has 0 amide bonds. The van der Waals surface area contributed by atoms with Crippen LogP contribution in [0.3, 0.4) is 0 Å². The Labute approximate surface area is 116 Å². The van der Waals surface area contributed by atoms with Gasteiger partial charge in [0, 0.05) is 13.1 Å². The number of aromatic nitrogens is 2. The smallest absolute Gasteiger partial charge is 0.203 e. The first-order chi connectivity index (χ1) is 9.26. The molecule has 0 spiro atoms. The molecule has 0 saturated carbocycles. The van der Waals surface area contributed by atoms with Crippen LogP contribution >= 0.6 is 0 Å². The maximum absolute atomic E-state index is 4.69. The number of nitrogens with one attached hydrogen (secondary N) is 1. The normalized spacial score (nSPS) is 12.8. The van der Waals surface area contributed by atoms with Crippen molar-refractivity contribution in [1.82, 2.24) is 9.55 Å². The van der Waals surface area contributed by atoms with Crippen LogP contribution in [0.25, 0.3) is 11.0 Å². The Morgan fingerprint density at radius 3 is 2.63 bits per heavy atom. The van der Waals surface area contributed by atoms with E-state index < -0.39 is 0 Å². The van der Waals surface area contributed by atoms with Gasteiger partial charge in [0.05, 0.1) is 11.0 Å². The molecule has 3 heteroatoms. The molecule has 1 unspecified atom stereocenters. The van der Waals surface area contributed by atoms with E-state index in [0.29, 0.717) is 6.04 Å². The van der Waals surface area contributed by atoms with Crippen molar-refractivity contribution in [2.24, 2.45) is 7.05 Å². The van der Waals surface area contributed by atoms with Gasteiger partial charge in [0.25, 0.3) is 0 Å². The fraction of sp³-hybridized carbons (Fsp3) is 0.562. The molecule has 1 N–H and O–H groups in total. The second-order valence-corrected chi connectivity index (χ2v) is 5.26. The Hall–Kier alpha value is -1.51. The van der Waals surface area contributed by atoms with Crippen molar-refractivity contribution in [1.29, 1.82) is 0 Å². The highest BCUT2D eigenvalue weighted by atomic mass is 15.2. The van der Waals surface area contributed by atoms with E-state index >= 15 is 0 Å². The molecule has 104 valence electrons. The lowest BCUT2D eigenvalue weighted by atomic mass is 10.1. The average Bonchev–Trinajstić information content (AvgIpc) is 2.74. The Balaban J connectivity index is 2.16. The number of hydrogen-bond donors (Lipinski definition) is 1. The minimum Gasteiger partial charge on any atom is -0.353 e. The van der Waals surface area contributed by atoms with Crippen molar-refractivity contribution in [2.45, 2.75) is 52.0 Å². The second-order valence-electron chi connectivity index (χ2n) is 5.26. The zero-order valence-corrected chi connectivity index (χ0v) is 12.3. The number of hydrogen-bond acceptors (Lipinski definition) is 2. The van der Waals surface area contributed by atoms with E-state index in [2.05, 4.69) is 49.0 Å². The molecule has 0 aliphatic carbocycles. The number of fused-ring (bicyclic) bond motifs is 1. The minimum atomic E-state index is 0.542. The van der Waals surface area contributed by atoms with Crippen molar-refractivity contribution >= 4 is 17.0 Å². The SMILES string of the molecule is CCCCC(CCC)Nc1nc2ccccc2n1C. The van der Waals surface area contributed by atoms with E-state index in [1.165, 1.54) is 37.6 Å². The summed E-state index contributed by atoms with van der Waals surface area (Å²) in [5, 5.41) is 3.62. The van der Waals surface area contributed by atoms with E-state index in [1.807, 2.05) is 6.07 Å². The maximum Gasteiger partial charge on any atom is 0.203 e. The Morgan fingerprint density at radius 2 is 1.95 bits per heavy atom. The molecule has 1 aromatic carbocycles. The van der Waals surface area contributed by atoms with Crippen molar-refractivity contribution in [3.05, 3.63) is 24.3 Å². The summed E-state index contributed by atoms with van der Waals surface area (Å²) in [6.45, 7) is 4.49. The fourth-order valence-corrected chi connectivity index (χ4v) is 2.54. The van der Waals surface area contributed by atoms with Gasteiger partial charge in [-0.25, -0.2) is 4.98 Å². The van der Waals surface area contributed by atoms with Crippen LogP contribution < -0.4 is 5.32 Å². The molecule has 2 aromatic rings. The van der Waals surface area contributed by atoms with Crippen LogP contribution in [0, 0.1) is 0 Å². The second kappa shape index (κ2) is 6.60. The molecular formula is C16H25N3. The summed E-state index contributed by atoms with van der Waals surface area (Å²) in [5.41, 5.74) is 2.26. The molecule has 0 fully saturated rings. The summed E-state index contributed by atoms with van der Waals surface area (Å²) in [6.07, 6.45) is 6.19. The van der Waals surface area contributed by atoms with Gasteiger partial charge in [0.15, 0.2) is 0 Å². The maximum atomic E-state index is 4.69. The molecule has 3 nitrogen and oxygen atoms in total. The minimum absolute atomic E-state index is 0.542. The Bertz CT molecular complexity index is 516. The van der Waals surface area contributed by atoms with E-state index in [0.717, 1.165) is 11.5 Å². The van der Waals surface area contributed by atoms with E-state index in [1.54, 1.807) is 0 Å². The predicted molar refractivity (Wildman–Crippen MR) is 82.6 cm³/mol. The van der Waals surface area contributed by atoms with Gasteiger partial charge < -0.3 is 9.88 Å². The van der Waals surface area contributed by atoms with E-state index in [4.69, 9.17) is 4.98 Å². The number of para-hydroxylation sites is 2. The predicted octanol–water partition coefficient (Wildman–Crippen LogP) is 4.34. The lowest BCUT2D eigenvalue weighted by Crippen LogP contribution is -2.21. The molecule has 19 heavy (non-hydrogen) atoms. The topological polar surface area (TPSA) is 29.9 Å². The summed E-state index contributed by atoms with van der Waals surface area (Å²) >= 11 is 0. The highest BCUT2D eigenvalue weighted by Crippen LogP contribution is 2.20. The van der Waals surface area contributed by atoms with E-state index in [-0.39, 0.29) is 0 Å². The van der Waals surface area contributed by atoms with Gasteiger partial charge in [-0.2, -0.15) is 0 Å². The third kappa shape index (κ3) is 3.28. The average molecular weight is 259 g/mol. The third-order valence-corrected chi connectivity index (χ3v) is 3.66. The number of aryl methyl sites for hydroxylation is 1. The number of benzene rings is 1. The molecular weight excluding hydrogens is 234 g/mol. The van der Waals surface area contributed by atoms with Gasteiger partial charge in [-0.05, 0) is 25.0 Å².